The highest BCUT2D eigenvalue weighted by Gasteiger charge is 2.32. The zero-order valence-corrected chi connectivity index (χ0v) is 13.8. The molecule has 0 aliphatic heterocycles. The van der Waals surface area contributed by atoms with Gasteiger partial charge in [-0.2, -0.15) is 0 Å². The van der Waals surface area contributed by atoms with E-state index in [2.05, 4.69) is 48.3 Å². The van der Waals surface area contributed by atoms with Crippen molar-refractivity contribution in [2.24, 2.45) is 5.73 Å². The van der Waals surface area contributed by atoms with Gasteiger partial charge in [0.15, 0.2) is 0 Å². The van der Waals surface area contributed by atoms with Crippen LogP contribution in [-0.2, 0) is 11.3 Å². The summed E-state index contributed by atoms with van der Waals surface area (Å²) in [5, 5.41) is 3.13. The van der Waals surface area contributed by atoms with Crippen LogP contribution >= 0.6 is 0 Å². The molecule has 22 heavy (non-hydrogen) atoms. The standard InChI is InChI=1S/C18H29N3O/c1-14(2)21(13-15-8-4-3-5-9-15)17-11-7-6-10-16(17)20-18(22)12-19/h3-5,8-9,14,16-17H,6-7,10-13,19H2,1-2H3,(H,20,22)/t16-,17-/m1/s1. The number of hydrogen-bond donors (Lipinski definition) is 2. The van der Waals surface area contributed by atoms with Gasteiger partial charge >= 0.3 is 0 Å². The van der Waals surface area contributed by atoms with E-state index in [0.717, 1.165) is 19.4 Å². The van der Waals surface area contributed by atoms with Gasteiger partial charge in [0.25, 0.3) is 0 Å². The molecule has 4 heteroatoms. The van der Waals surface area contributed by atoms with Crippen LogP contribution in [0, 0.1) is 0 Å². The molecule has 0 heterocycles. The SMILES string of the molecule is CC(C)N(Cc1ccccc1)[C@@H]1CCCC[C@H]1NC(=O)CN. The number of hydrogen-bond acceptors (Lipinski definition) is 3. The van der Waals surface area contributed by atoms with E-state index in [1.807, 2.05) is 6.07 Å². The summed E-state index contributed by atoms with van der Waals surface area (Å²) in [5.41, 5.74) is 6.79. The molecule has 1 fully saturated rings. The fourth-order valence-corrected chi connectivity index (χ4v) is 3.42. The van der Waals surface area contributed by atoms with Gasteiger partial charge in [0, 0.05) is 24.7 Å². The molecule has 0 spiro atoms. The predicted octanol–water partition coefficient (Wildman–Crippen LogP) is 2.28. The summed E-state index contributed by atoms with van der Waals surface area (Å²) in [4.78, 5) is 14.2. The largest absolute Gasteiger partial charge is 0.351 e. The van der Waals surface area contributed by atoms with E-state index in [9.17, 15) is 4.79 Å². The van der Waals surface area contributed by atoms with Crippen molar-refractivity contribution in [3.63, 3.8) is 0 Å². The van der Waals surface area contributed by atoms with Gasteiger partial charge in [-0.25, -0.2) is 0 Å². The molecule has 1 saturated carbocycles. The van der Waals surface area contributed by atoms with Crippen LogP contribution in [0.15, 0.2) is 30.3 Å². The molecule has 0 unspecified atom stereocenters. The average Bonchev–Trinajstić information content (AvgIpc) is 2.54. The molecule has 0 aromatic heterocycles. The number of carbonyl (C=O) groups excluding carboxylic acids is 1. The van der Waals surface area contributed by atoms with Crippen LogP contribution in [0.3, 0.4) is 0 Å². The highest BCUT2D eigenvalue weighted by atomic mass is 16.1. The molecule has 0 radical (unpaired) electrons. The monoisotopic (exact) mass is 303 g/mol. The topological polar surface area (TPSA) is 58.4 Å². The first-order valence-electron chi connectivity index (χ1n) is 8.41. The summed E-state index contributed by atoms with van der Waals surface area (Å²) in [6, 6.07) is 11.6. The van der Waals surface area contributed by atoms with Crippen molar-refractivity contribution >= 4 is 5.91 Å². The summed E-state index contributed by atoms with van der Waals surface area (Å²) in [6.45, 7) is 5.47. The van der Waals surface area contributed by atoms with Gasteiger partial charge in [-0.15, -0.1) is 0 Å². The van der Waals surface area contributed by atoms with Crippen molar-refractivity contribution < 1.29 is 4.79 Å². The number of benzene rings is 1. The van der Waals surface area contributed by atoms with E-state index >= 15 is 0 Å². The van der Waals surface area contributed by atoms with E-state index in [1.165, 1.54) is 18.4 Å². The normalized spacial score (nSPS) is 22.0. The third-order valence-corrected chi connectivity index (χ3v) is 4.56. The first kappa shape index (κ1) is 17.0. The van der Waals surface area contributed by atoms with Crippen molar-refractivity contribution in [2.45, 2.75) is 64.2 Å². The quantitative estimate of drug-likeness (QED) is 0.847. The maximum atomic E-state index is 11.7. The fraction of sp³-hybridized carbons (Fsp3) is 0.611. The molecule has 4 nitrogen and oxygen atoms in total. The molecular formula is C18H29N3O. The number of amides is 1. The maximum Gasteiger partial charge on any atom is 0.234 e. The molecule has 3 N–H and O–H groups in total. The fourth-order valence-electron chi connectivity index (χ4n) is 3.42. The Kier molecular flexibility index (Phi) is 6.40. The van der Waals surface area contributed by atoms with E-state index in [0.29, 0.717) is 12.1 Å². The lowest BCUT2D eigenvalue weighted by Crippen LogP contribution is -2.55. The molecule has 0 saturated heterocycles. The van der Waals surface area contributed by atoms with Crippen molar-refractivity contribution in [3.05, 3.63) is 35.9 Å². The second-order valence-electron chi connectivity index (χ2n) is 6.48. The van der Waals surface area contributed by atoms with Crippen molar-refractivity contribution in [1.82, 2.24) is 10.2 Å². The third kappa shape index (κ3) is 4.55. The van der Waals surface area contributed by atoms with Crippen LogP contribution in [-0.4, -0.2) is 35.5 Å². The molecule has 1 aliphatic rings. The zero-order valence-electron chi connectivity index (χ0n) is 13.8. The minimum Gasteiger partial charge on any atom is -0.351 e. The lowest BCUT2D eigenvalue weighted by Gasteiger charge is -2.42. The Hall–Kier alpha value is -1.39. The van der Waals surface area contributed by atoms with Crippen molar-refractivity contribution in [1.29, 1.82) is 0 Å². The molecule has 0 bridgehead atoms. The van der Waals surface area contributed by atoms with Gasteiger partial charge in [0.2, 0.25) is 5.91 Å². The highest BCUT2D eigenvalue weighted by Crippen LogP contribution is 2.26. The van der Waals surface area contributed by atoms with Gasteiger partial charge in [0.1, 0.15) is 0 Å². The lowest BCUT2D eigenvalue weighted by molar-refractivity contribution is -0.121. The second-order valence-corrected chi connectivity index (χ2v) is 6.48. The summed E-state index contributed by atoms with van der Waals surface area (Å²) in [5.74, 6) is -0.0414. The Labute approximate surface area is 134 Å². The molecule has 2 rings (SSSR count). The van der Waals surface area contributed by atoms with Crippen LogP contribution < -0.4 is 11.1 Å². The molecule has 1 aromatic carbocycles. The minimum absolute atomic E-state index is 0.0414. The van der Waals surface area contributed by atoms with E-state index in [-0.39, 0.29) is 18.5 Å². The van der Waals surface area contributed by atoms with Crippen LogP contribution in [0.5, 0.6) is 0 Å². The van der Waals surface area contributed by atoms with Gasteiger partial charge in [0.05, 0.1) is 6.54 Å². The predicted molar refractivity (Wildman–Crippen MR) is 90.4 cm³/mol. The average molecular weight is 303 g/mol. The molecule has 122 valence electrons. The number of carbonyl (C=O) groups is 1. The molecular weight excluding hydrogens is 274 g/mol. The first-order valence-corrected chi connectivity index (χ1v) is 8.41. The summed E-state index contributed by atoms with van der Waals surface area (Å²) in [6.07, 6.45) is 4.61. The smallest absolute Gasteiger partial charge is 0.234 e. The van der Waals surface area contributed by atoms with Crippen LogP contribution in [0.2, 0.25) is 0 Å². The number of nitrogens with zero attached hydrogens (tertiary/aromatic N) is 1. The van der Waals surface area contributed by atoms with Gasteiger partial charge in [-0.1, -0.05) is 43.2 Å². The van der Waals surface area contributed by atoms with Gasteiger partial charge < -0.3 is 11.1 Å². The van der Waals surface area contributed by atoms with Crippen LogP contribution in [0.1, 0.15) is 45.1 Å². The Morgan fingerprint density at radius 2 is 1.95 bits per heavy atom. The Morgan fingerprint density at radius 3 is 2.59 bits per heavy atom. The molecule has 1 aliphatic carbocycles. The summed E-state index contributed by atoms with van der Waals surface area (Å²) < 4.78 is 0. The minimum atomic E-state index is -0.0414. The Morgan fingerprint density at radius 1 is 1.27 bits per heavy atom. The maximum absolute atomic E-state index is 11.7. The number of nitrogens with two attached hydrogens (primary N) is 1. The summed E-state index contributed by atoms with van der Waals surface area (Å²) in [7, 11) is 0. The second kappa shape index (κ2) is 8.30. The third-order valence-electron chi connectivity index (χ3n) is 4.56. The molecule has 1 amide bonds. The Bertz CT molecular complexity index is 461. The van der Waals surface area contributed by atoms with E-state index in [1.54, 1.807) is 0 Å². The molecule has 2 atom stereocenters. The summed E-state index contributed by atoms with van der Waals surface area (Å²) >= 11 is 0. The zero-order chi connectivity index (χ0) is 15.9. The first-order chi connectivity index (χ1) is 10.6. The molecule has 1 aromatic rings. The van der Waals surface area contributed by atoms with Gasteiger partial charge in [-0.3, -0.25) is 9.69 Å². The highest BCUT2D eigenvalue weighted by molar-refractivity contribution is 5.78. The lowest BCUT2D eigenvalue weighted by atomic mass is 9.88. The number of rotatable bonds is 6. The van der Waals surface area contributed by atoms with E-state index in [4.69, 9.17) is 5.73 Å². The van der Waals surface area contributed by atoms with Crippen molar-refractivity contribution in [2.75, 3.05) is 6.54 Å². The van der Waals surface area contributed by atoms with Crippen molar-refractivity contribution in [3.8, 4) is 0 Å². The van der Waals surface area contributed by atoms with Crippen LogP contribution in [0.4, 0.5) is 0 Å². The van der Waals surface area contributed by atoms with E-state index < -0.39 is 0 Å². The number of nitrogens with one attached hydrogen (secondary N) is 1. The van der Waals surface area contributed by atoms with Gasteiger partial charge in [-0.05, 0) is 32.3 Å². The Balaban J connectivity index is 2.11. The van der Waals surface area contributed by atoms with Crippen LogP contribution in [0.25, 0.3) is 0 Å².